The number of guanidine groups is 1. The quantitative estimate of drug-likeness (QED) is 0.291. The molecule has 2 aromatic rings. The van der Waals surface area contributed by atoms with Crippen molar-refractivity contribution in [3.8, 4) is 5.75 Å². The van der Waals surface area contributed by atoms with Gasteiger partial charge in [-0.2, -0.15) is 4.98 Å². The lowest BCUT2D eigenvalue weighted by molar-refractivity contribution is 0.0396. The van der Waals surface area contributed by atoms with E-state index in [4.69, 9.17) is 19.0 Å². The Hall–Kier alpha value is -1.88. The molecule has 2 heterocycles. The fourth-order valence-electron chi connectivity index (χ4n) is 4.53. The molecule has 32 heavy (non-hydrogen) atoms. The summed E-state index contributed by atoms with van der Waals surface area (Å²) in [5.74, 6) is 2.73. The zero-order valence-corrected chi connectivity index (χ0v) is 21.4. The van der Waals surface area contributed by atoms with Gasteiger partial charge in [-0.1, -0.05) is 23.4 Å². The molecule has 1 aromatic carbocycles. The molecule has 1 fully saturated rings. The first-order chi connectivity index (χ1) is 15.1. The Balaban J connectivity index is 0.00000289. The van der Waals surface area contributed by atoms with E-state index in [0.717, 1.165) is 37.5 Å². The van der Waals surface area contributed by atoms with Crippen LogP contribution in [0.5, 0.6) is 5.75 Å². The van der Waals surface area contributed by atoms with Gasteiger partial charge in [-0.25, -0.2) is 4.99 Å². The number of ether oxygens (including phenoxy) is 2. The van der Waals surface area contributed by atoms with Crippen LogP contribution in [0.25, 0.3) is 0 Å². The van der Waals surface area contributed by atoms with Crippen molar-refractivity contribution in [2.45, 2.75) is 77.2 Å². The summed E-state index contributed by atoms with van der Waals surface area (Å²) in [7, 11) is 0. The maximum absolute atomic E-state index is 6.48. The topological polar surface area (TPSA) is 93.8 Å². The van der Waals surface area contributed by atoms with Crippen LogP contribution in [0.4, 0.5) is 0 Å². The SMILES string of the molecule is CCNC(=NCc1nc(C(C)OCC)no1)NC1CC2(CCCC2)Oc2ccccc21.I. The molecule has 2 N–H and O–H groups in total. The highest BCUT2D eigenvalue weighted by Gasteiger charge is 2.43. The van der Waals surface area contributed by atoms with Gasteiger partial charge in [0, 0.05) is 25.1 Å². The maximum Gasteiger partial charge on any atom is 0.248 e. The third kappa shape index (κ3) is 5.72. The number of para-hydroxylation sites is 1. The Morgan fingerprint density at radius 2 is 2.06 bits per heavy atom. The van der Waals surface area contributed by atoms with Crippen LogP contribution in [0.15, 0.2) is 33.8 Å². The van der Waals surface area contributed by atoms with Crippen molar-refractivity contribution in [2.24, 2.45) is 4.99 Å². The third-order valence-electron chi connectivity index (χ3n) is 6.00. The van der Waals surface area contributed by atoms with E-state index in [-0.39, 0.29) is 41.7 Å². The minimum absolute atomic E-state index is 0. The fraction of sp³-hybridized carbons (Fsp3) is 0.609. The molecule has 8 nitrogen and oxygen atoms in total. The zero-order valence-electron chi connectivity index (χ0n) is 19.1. The van der Waals surface area contributed by atoms with Crippen LogP contribution >= 0.6 is 24.0 Å². The average molecular weight is 555 g/mol. The summed E-state index contributed by atoms with van der Waals surface area (Å²) in [6.45, 7) is 7.58. The van der Waals surface area contributed by atoms with Crippen molar-refractivity contribution in [3.05, 3.63) is 41.5 Å². The number of rotatable bonds is 7. The Kier molecular flexibility index (Phi) is 8.75. The zero-order chi connectivity index (χ0) is 21.7. The van der Waals surface area contributed by atoms with E-state index in [1.807, 2.05) is 19.9 Å². The van der Waals surface area contributed by atoms with Crippen molar-refractivity contribution in [1.82, 2.24) is 20.8 Å². The molecule has 2 aliphatic rings. The Bertz CT molecular complexity index is 897. The predicted octanol–water partition coefficient (Wildman–Crippen LogP) is 4.68. The molecule has 2 unspecified atom stereocenters. The molecule has 1 spiro atoms. The molecule has 1 saturated carbocycles. The van der Waals surface area contributed by atoms with Gasteiger partial charge in [0.2, 0.25) is 5.89 Å². The van der Waals surface area contributed by atoms with Gasteiger partial charge in [-0.3, -0.25) is 0 Å². The van der Waals surface area contributed by atoms with E-state index in [9.17, 15) is 0 Å². The second kappa shape index (κ2) is 11.3. The van der Waals surface area contributed by atoms with Crippen molar-refractivity contribution in [3.63, 3.8) is 0 Å². The molecule has 0 bridgehead atoms. The average Bonchev–Trinajstić information content (AvgIpc) is 3.42. The standard InChI is InChI=1S/C23H33N5O3.HI/c1-4-24-22(25-15-20-27-21(28-31-20)16(3)29-5-2)26-18-14-23(12-8-9-13-23)30-19-11-7-6-10-17(18)19;/h6-7,10-11,16,18H,4-5,8-9,12-15H2,1-3H3,(H2,24,25,26);1H. The first kappa shape index (κ1) is 24.8. The highest BCUT2D eigenvalue weighted by atomic mass is 127. The summed E-state index contributed by atoms with van der Waals surface area (Å²) in [5, 5.41) is 11.0. The van der Waals surface area contributed by atoms with Gasteiger partial charge in [0.05, 0.1) is 6.04 Å². The van der Waals surface area contributed by atoms with Crippen LogP contribution in [0.1, 0.15) is 82.3 Å². The summed E-state index contributed by atoms with van der Waals surface area (Å²) in [6.07, 6.45) is 5.40. The highest BCUT2D eigenvalue weighted by Crippen LogP contribution is 2.46. The summed E-state index contributed by atoms with van der Waals surface area (Å²) >= 11 is 0. The number of aliphatic imine (C=N–C) groups is 1. The van der Waals surface area contributed by atoms with E-state index < -0.39 is 0 Å². The van der Waals surface area contributed by atoms with Crippen LogP contribution < -0.4 is 15.4 Å². The van der Waals surface area contributed by atoms with E-state index in [1.54, 1.807) is 0 Å². The molecule has 0 amide bonds. The fourth-order valence-corrected chi connectivity index (χ4v) is 4.53. The molecule has 0 radical (unpaired) electrons. The van der Waals surface area contributed by atoms with Crippen molar-refractivity contribution < 1.29 is 14.0 Å². The van der Waals surface area contributed by atoms with Crippen molar-refractivity contribution in [1.29, 1.82) is 0 Å². The van der Waals surface area contributed by atoms with Gasteiger partial charge in [0.1, 0.15) is 24.0 Å². The summed E-state index contributed by atoms with van der Waals surface area (Å²) < 4.78 is 17.4. The van der Waals surface area contributed by atoms with Crippen LogP contribution in [0.3, 0.4) is 0 Å². The molecule has 2 atom stereocenters. The highest BCUT2D eigenvalue weighted by molar-refractivity contribution is 14.0. The largest absolute Gasteiger partial charge is 0.487 e. The summed E-state index contributed by atoms with van der Waals surface area (Å²) in [6, 6.07) is 8.45. The predicted molar refractivity (Wildman–Crippen MR) is 133 cm³/mol. The summed E-state index contributed by atoms with van der Waals surface area (Å²) in [5.41, 5.74) is 1.11. The third-order valence-corrected chi connectivity index (χ3v) is 6.00. The molecular weight excluding hydrogens is 521 g/mol. The number of nitrogens with zero attached hydrogens (tertiary/aromatic N) is 3. The van der Waals surface area contributed by atoms with Gasteiger partial charge >= 0.3 is 0 Å². The number of fused-ring (bicyclic) bond motifs is 1. The smallest absolute Gasteiger partial charge is 0.248 e. The van der Waals surface area contributed by atoms with Gasteiger partial charge in [-0.05, 0) is 52.5 Å². The van der Waals surface area contributed by atoms with Crippen LogP contribution in [0.2, 0.25) is 0 Å². The Morgan fingerprint density at radius 1 is 1.28 bits per heavy atom. The van der Waals surface area contributed by atoms with Gasteiger partial charge in [0.25, 0.3) is 0 Å². The molecule has 1 aliphatic heterocycles. The molecule has 1 aliphatic carbocycles. The lowest BCUT2D eigenvalue weighted by Crippen LogP contribution is -2.46. The molecular formula is C23H34IN5O3. The molecule has 9 heteroatoms. The van der Waals surface area contributed by atoms with Crippen molar-refractivity contribution in [2.75, 3.05) is 13.2 Å². The van der Waals surface area contributed by atoms with Crippen LogP contribution in [-0.4, -0.2) is 34.9 Å². The maximum atomic E-state index is 6.48. The van der Waals surface area contributed by atoms with E-state index in [1.165, 1.54) is 18.4 Å². The second-order valence-corrected chi connectivity index (χ2v) is 8.27. The van der Waals surface area contributed by atoms with Crippen LogP contribution in [0, 0.1) is 0 Å². The second-order valence-electron chi connectivity index (χ2n) is 8.27. The minimum Gasteiger partial charge on any atom is -0.487 e. The van der Waals surface area contributed by atoms with Crippen LogP contribution in [-0.2, 0) is 11.3 Å². The van der Waals surface area contributed by atoms with Gasteiger partial charge in [0.15, 0.2) is 11.8 Å². The monoisotopic (exact) mass is 555 g/mol. The number of aromatic nitrogens is 2. The molecule has 0 saturated heterocycles. The summed E-state index contributed by atoms with van der Waals surface area (Å²) in [4.78, 5) is 9.12. The van der Waals surface area contributed by atoms with E-state index >= 15 is 0 Å². The van der Waals surface area contributed by atoms with E-state index in [2.05, 4.69) is 45.9 Å². The Morgan fingerprint density at radius 3 is 2.81 bits per heavy atom. The van der Waals surface area contributed by atoms with Crippen molar-refractivity contribution >= 4 is 29.9 Å². The lowest BCUT2D eigenvalue weighted by Gasteiger charge is -2.40. The first-order valence-corrected chi connectivity index (χ1v) is 11.4. The lowest BCUT2D eigenvalue weighted by atomic mass is 9.86. The number of hydrogen-bond acceptors (Lipinski definition) is 6. The normalized spacial score (nSPS) is 20.2. The van der Waals surface area contributed by atoms with Gasteiger partial charge < -0.3 is 24.6 Å². The number of hydrogen-bond donors (Lipinski definition) is 2. The molecule has 176 valence electrons. The molecule has 1 aromatic heterocycles. The molecule has 4 rings (SSSR count). The number of halogens is 1. The van der Waals surface area contributed by atoms with Gasteiger partial charge in [-0.15, -0.1) is 24.0 Å². The first-order valence-electron chi connectivity index (χ1n) is 11.4. The number of nitrogens with one attached hydrogen (secondary N) is 2. The Labute approximate surface area is 207 Å². The minimum atomic E-state index is -0.195. The number of benzene rings is 1. The van der Waals surface area contributed by atoms with E-state index in [0.29, 0.717) is 24.9 Å².